The fraction of sp³-hybridized carbons (Fsp3) is 0.0909. The third-order valence-corrected chi connectivity index (χ3v) is 5.75. The zero-order valence-electron chi connectivity index (χ0n) is 16.1. The SMILES string of the molecule is COc1ccc(Cl)cc1NC(=S)NNC(=O)[C@@H](Sc1ccccc1)c1ccccc1. The summed E-state index contributed by atoms with van der Waals surface area (Å²) in [7, 11) is 1.55. The Kier molecular flexibility index (Phi) is 7.96. The molecule has 1 amide bonds. The number of rotatable bonds is 6. The lowest BCUT2D eigenvalue weighted by Gasteiger charge is -2.19. The number of hydrogen-bond donors (Lipinski definition) is 3. The van der Waals surface area contributed by atoms with Crippen molar-refractivity contribution in [3.05, 3.63) is 89.4 Å². The zero-order valence-corrected chi connectivity index (χ0v) is 18.5. The molecule has 0 heterocycles. The number of nitrogens with one attached hydrogen (secondary N) is 3. The van der Waals surface area contributed by atoms with Crippen LogP contribution in [0.25, 0.3) is 0 Å². The molecule has 3 aromatic rings. The van der Waals surface area contributed by atoms with Gasteiger partial charge in [-0.05, 0) is 48.1 Å². The lowest BCUT2D eigenvalue weighted by molar-refractivity contribution is -0.121. The van der Waals surface area contributed by atoms with Crippen LogP contribution < -0.4 is 20.9 Å². The predicted octanol–water partition coefficient (Wildman–Crippen LogP) is 5.20. The summed E-state index contributed by atoms with van der Waals surface area (Å²) < 4.78 is 5.29. The third kappa shape index (κ3) is 6.13. The first kappa shape index (κ1) is 22.0. The van der Waals surface area contributed by atoms with Crippen molar-refractivity contribution in [2.24, 2.45) is 0 Å². The third-order valence-electron chi connectivity index (χ3n) is 4.05. The molecule has 0 aliphatic carbocycles. The number of hydrazine groups is 1. The van der Waals surface area contributed by atoms with Crippen LogP contribution in [0, 0.1) is 0 Å². The number of thioether (sulfide) groups is 1. The van der Waals surface area contributed by atoms with Gasteiger partial charge in [0.15, 0.2) is 5.11 Å². The Morgan fingerprint density at radius 1 is 1.00 bits per heavy atom. The molecule has 0 saturated heterocycles. The molecule has 0 bridgehead atoms. The van der Waals surface area contributed by atoms with E-state index in [0.29, 0.717) is 16.5 Å². The lowest BCUT2D eigenvalue weighted by Crippen LogP contribution is -2.45. The lowest BCUT2D eigenvalue weighted by atomic mass is 10.1. The molecule has 3 N–H and O–H groups in total. The van der Waals surface area contributed by atoms with Crippen LogP contribution >= 0.6 is 35.6 Å². The van der Waals surface area contributed by atoms with Crippen LogP contribution in [-0.4, -0.2) is 18.1 Å². The Labute approximate surface area is 190 Å². The highest BCUT2D eigenvalue weighted by molar-refractivity contribution is 8.00. The van der Waals surface area contributed by atoms with Gasteiger partial charge in [0.2, 0.25) is 0 Å². The number of thiocarbonyl (C=S) groups is 1. The van der Waals surface area contributed by atoms with Crippen LogP contribution in [-0.2, 0) is 4.79 Å². The van der Waals surface area contributed by atoms with Crippen LogP contribution in [0.3, 0.4) is 0 Å². The number of hydrogen-bond acceptors (Lipinski definition) is 4. The summed E-state index contributed by atoms with van der Waals surface area (Å²) in [6.07, 6.45) is 0. The van der Waals surface area contributed by atoms with Crippen molar-refractivity contribution in [3.8, 4) is 5.75 Å². The summed E-state index contributed by atoms with van der Waals surface area (Å²) in [5, 5.41) is 3.27. The van der Waals surface area contributed by atoms with E-state index in [1.165, 1.54) is 11.8 Å². The van der Waals surface area contributed by atoms with E-state index in [4.69, 9.17) is 28.6 Å². The van der Waals surface area contributed by atoms with Gasteiger partial charge in [0.25, 0.3) is 5.91 Å². The molecule has 154 valence electrons. The minimum Gasteiger partial charge on any atom is -0.495 e. The molecular formula is C22H20ClN3O2S2. The highest BCUT2D eigenvalue weighted by Crippen LogP contribution is 2.35. The van der Waals surface area contributed by atoms with Gasteiger partial charge in [-0.2, -0.15) is 0 Å². The first-order chi connectivity index (χ1) is 14.6. The topological polar surface area (TPSA) is 62.4 Å². The number of carbonyl (C=O) groups excluding carboxylic acids is 1. The molecule has 3 rings (SSSR count). The van der Waals surface area contributed by atoms with Crippen molar-refractivity contribution < 1.29 is 9.53 Å². The Hall–Kier alpha value is -2.74. The number of methoxy groups -OCH3 is 1. The van der Waals surface area contributed by atoms with Gasteiger partial charge in [-0.15, -0.1) is 11.8 Å². The minimum absolute atomic E-state index is 0.209. The molecule has 5 nitrogen and oxygen atoms in total. The smallest absolute Gasteiger partial charge is 0.256 e. The van der Waals surface area contributed by atoms with Gasteiger partial charge in [-0.1, -0.05) is 60.1 Å². The number of halogens is 1. The standard InChI is InChI=1S/C22H20ClN3O2S2/c1-28-19-13-12-16(23)14-18(19)24-22(29)26-25-21(27)20(15-8-4-2-5-9-15)30-17-10-6-3-7-11-17/h2-14,20H,1H3,(H,25,27)(H2,24,26,29)/t20-/m0/s1. The second-order valence-corrected chi connectivity index (χ2v) is 8.16. The quantitative estimate of drug-likeness (QED) is 0.268. The Morgan fingerprint density at radius 2 is 1.67 bits per heavy atom. The van der Waals surface area contributed by atoms with E-state index < -0.39 is 5.25 Å². The first-order valence-electron chi connectivity index (χ1n) is 9.04. The summed E-state index contributed by atoms with van der Waals surface area (Å²) >= 11 is 12.8. The highest BCUT2D eigenvalue weighted by atomic mass is 35.5. The van der Waals surface area contributed by atoms with Gasteiger partial charge < -0.3 is 10.1 Å². The molecule has 1 atom stereocenters. The monoisotopic (exact) mass is 457 g/mol. The number of ether oxygens (including phenoxy) is 1. The number of anilines is 1. The van der Waals surface area contributed by atoms with Crippen LogP contribution in [0.2, 0.25) is 5.02 Å². The summed E-state index contributed by atoms with van der Waals surface area (Å²) in [5.41, 5.74) is 6.92. The molecule has 0 saturated carbocycles. The van der Waals surface area contributed by atoms with E-state index in [9.17, 15) is 4.79 Å². The molecule has 0 aliphatic heterocycles. The molecule has 3 aromatic carbocycles. The van der Waals surface area contributed by atoms with Crippen molar-refractivity contribution in [1.29, 1.82) is 0 Å². The molecule has 0 fully saturated rings. The summed E-state index contributed by atoms with van der Waals surface area (Å²) in [6, 6.07) is 24.5. The average molecular weight is 458 g/mol. The molecule has 8 heteroatoms. The molecule has 0 spiro atoms. The van der Waals surface area contributed by atoms with Crippen molar-refractivity contribution in [2.45, 2.75) is 10.1 Å². The predicted molar refractivity (Wildman–Crippen MR) is 127 cm³/mol. The molecular weight excluding hydrogens is 438 g/mol. The normalized spacial score (nSPS) is 11.3. The second kappa shape index (κ2) is 10.9. The summed E-state index contributed by atoms with van der Waals surface area (Å²) in [6.45, 7) is 0. The Balaban J connectivity index is 1.67. The maximum absolute atomic E-state index is 13.0. The Morgan fingerprint density at radius 3 is 2.33 bits per heavy atom. The van der Waals surface area contributed by atoms with E-state index in [-0.39, 0.29) is 11.0 Å². The van der Waals surface area contributed by atoms with Gasteiger partial charge in [0.05, 0.1) is 12.8 Å². The molecule has 0 aromatic heterocycles. The molecule has 0 aliphatic rings. The minimum atomic E-state index is -0.454. The number of amides is 1. The summed E-state index contributed by atoms with van der Waals surface area (Å²) in [4.78, 5) is 13.9. The van der Waals surface area contributed by atoms with E-state index in [0.717, 1.165) is 10.5 Å². The van der Waals surface area contributed by atoms with Crippen molar-refractivity contribution in [2.75, 3.05) is 12.4 Å². The van der Waals surface area contributed by atoms with Crippen LogP contribution in [0.5, 0.6) is 5.75 Å². The van der Waals surface area contributed by atoms with Gasteiger partial charge in [-0.3, -0.25) is 15.6 Å². The molecule has 30 heavy (non-hydrogen) atoms. The number of carbonyl (C=O) groups is 1. The van der Waals surface area contributed by atoms with Crippen molar-refractivity contribution >= 4 is 52.3 Å². The van der Waals surface area contributed by atoms with E-state index in [1.807, 2.05) is 60.7 Å². The second-order valence-electron chi connectivity index (χ2n) is 6.13. The fourth-order valence-corrected chi connectivity index (χ4v) is 4.03. The van der Waals surface area contributed by atoms with E-state index in [1.54, 1.807) is 25.3 Å². The van der Waals surface area contributed by atoms with Crippen LogP contribution in [0.4, 0.5) is 5.69 Å². The van der Waals surface area contributed by atoms with Gasteiger partial charge in [0, 0.05) is 9.92 Å². The first-order valence-corrected chi connectivity index (χ1v) is 10.7. The zero-order chi connectivity index (χ0) is 21.3. The van der Waals surface area contributed by atoms with Gasteiger partial charge in [-0.25, -0.2) is 0 Å². The van der Waals surface area contributed by atoms with Crippen LogP contribution in [0.1, 0.15) is 10.8 Å². The van der Waals surface area contributed by atoms with Gasteiger partial charge in [0.1, 0.15) is 11.0 Å². The average Bonchev–Trinajstić information content (AvgIpc) is 2.77. The maximum atomic E-state index is 13.0. The van der Waals surface area contributed by atoms with E-state index >= 15 is 0 Å². The van der Waals surface area contributed by atoms with Crippen LogP contribution in [0.15, 0.2) is 83.8 Å². The van der Waals surface area contributed by atoms with Crippen molar-refractivity contribution in [3.63, 3.8) is 0 Å². The maximum Gasteiger partial charge on any atom is 0.256 e. The Bertz CT molecular complexity index is 1000. The van der Waals surface area contributed by atoms with E-state index in [2.05, 4.69) is 16.2 Å². The number of benzene rings is 3. The molecule has 0 radical (unpaired) electrons. The van der Waals surface area contributed by atoms with Crippen molar-refractivity contribution in [1.82, 2.24) is 10.9 Å². The molecule has 0 unspecified atom stereocenters. The largest absolute Gasteiger partial charge is 0.495 e. The summed E-state index contributed by atoms with van der Waals surface area (Å²) in [5.74, 6) is 0.355. The van der Waals surface area contributed by atoms with Gasteiger partial charge >= 0.3 is 0 Å². The highest BCUT2D eigenvalue weighted by Gasteiger charge is 2.22. The fourth-order valence-electron chi connectivity index (χ4n) is 2.65.